The minimum Gasteiger partial charge on any atom is -0.349 e. The highest BCUT2D eigenvalue weighted by molar-refractivity contribution is 7.82. The molecule has 0 bridgehead atoms. The maximum Gasteiger partial charge on any atom is 0.433 e. The van der Waals surface area contributed by atoms with Crippen molar-refractivity contribution in [3.63, 3.8) is 0 Å². The Balaban J connectivity index is 0.00000186. The van der Waals surface area contributed by atoms with Gasteiger partial charge in [-0.15, -0.1) is 0 Å². The number of benzene rings is 1. The van der Waals surface area contributed by atoms with E-state index in [1.54, 1.807) is 0 Å². The van der Waals surface area contributed by atoms with Gasteiger partial charge in [0.05, 0.1) is 30.0 Å². The Morgan fingerprint density at radius 1 is 1.11 bits per heavy atom. The van der Waals surface area contributed by atoms with Gasteiger partial charge < -0.3 is 5.32 Å². The molecule has 1 saturated heterocycles. The van der Waals surface area contributed by atoms with E-state index in [9.17, 15) is 35.3 Å². The molecule has 37 heavy (non-hydrogen) atoms. The molecule has 0 spiro atoms. The number of carbonyl (C=O) groups excluding carboxylic acids is 1. The number of rotatable bonds is 6. The van der Waals surface area contributed by atoms with Crippen LogP contribution in [-0.4, -0.2) is 55.3 Å². The lowest BCUT2D eigenvalue weighted by atomic mass is 10.1. The van der Waals surface area contributed by atoms with Crippen molar-refractivity contribution in [3.8, 4) is 11.3 Å². The molecule has 1 aliphatic rings. The summed E-state index contributed by atoms with van der Waals surface area (Å²) in [6.45, 7) is -0.298. The number of carbonyl (C=O) groups is 1. The maximum atomic E-state index is 14.1. The summed E-state index contributed by atoms with van der Waals surface area (Å²) >= 11 is 0. The fourth-order valence-electron chi connectivity index (χ4n) is 3.53. The van der Waals surface area contributed by atoms with E-state index in [0.29, 0.717) is 24.1 Å². The third kappa shape index (κ3) is 7.10. The summed E-state index contributed by atoms with van der Waals surface area (Å²) in [5.41, 5.74) is -0.0588. The third-order valence-corrected chi connectivity index (χ3v) is 6.76. The van der Waals surface area contributed by atoms with Gasteiger partial charge in [-0.25, -0.2) is 27.3 Å². The highest BCUT2D eigenvalue weighted by Crippen LogP contribution is 2.29. The first-order valence-corrected chi connectivity index (χ1v) is 11.8. The van der Waals surface area contributed by atoms with E-state index in [2.05, 4.69) is 20.3 Å². The zero-order chi connectivity index (χ0) is 27.2. The van der Waals surface area contributed by atoms with Gasteiger partial charge in [0.15, 0.2) is 0 Å². The first-order valence-electron chi connectivity index (χ1n) is 10.7. The summed E-state index contributed by atoms with van der Waals surface area (Å²) in [5, 5.41) is 2.62. The highest BCUT2D eigenvalue weighted by Gasteiger charge is 2.40. The molecule has 3 heterocycles. The van der Waals surface area contributed by atoms with Gasteiger partial charge >= 0.3 is 6.18 Å². The van der Waals surface area contributed by atoms with Crippen molar-refractivity contribution in [1.82, 2.24) is 24.6 Å². The second-order valence-corrected chi connectivity index (χ2v) is 9.13. The maximum absolute atomic E-state index is 14.1. The van der Waals surface area contributed by atoms with Crippen LogP contribution in [0.1, 0.15) is 17.8 Å². The normalized spacial score (nSPS) is 18.6. The van der Waals surface area contributed by atoms with E-state index in [1.807, 2.05) is 0 Å². The lowest BCUT2D eigenvalue weighted by Crippen LogP contribution is -2.43. The Hall–Kier alpha value is -3.39. The average Bonchev–Trinajstić information content (AvgIpc) is 3.30. The molecule has 7 nitrogen and oxygen atoms in total. The lowest BCUT2D eigenvalue weighted by molar-refractivity contribution is -0.141. The number of hydrogen-bond donors (Lipinski definition) is 1. The van der Waals surface area contributed by atoms with Crippen LogP contribution in [0.25, 0.3) is 11.3 Å². The van der Waals surface area contributed by atoms with Crippen molar-refractivity contribution in [1.29, 1.82) is 0 Å². The number of aromatic nitrogens is 3. The van der Waals surface area contributed by atoms with Crippen LogP contribution in [-0.2, 0) is 28.5 Å². The Morgan fingerprint density at radius 2 is 1.81 bits per heavy atom. The number of hydrogen-bond acceptors (Lipinski definition) is 5. The van der Waals surface area contributed by atoms with Crippen molar-refractivity contribution in [2.75, 3.05) is 13.7 Å². The molecular formula is C23H21F6N5O2S. The fourth-order valence-corrected chi connectivity index (χ4v) is 4.87. The molecule has 1 amide bonds. The van der Waals surface area contributed by atoms with Gasteiger partial charge in [0.1, 0.15) is 41.0 Å². The summed E-state index contributed by atoms with van der Waals surface area (Å²) in [5.74, 6) is -1.09. The molecule has 0 saturated carbocycles. The van der Waals surface area contributed by atoms with E-state index in [0.717, 1.165) is 24.4 Å². The fraction of sp³-hybridized carbons (Fsp3) is 0.304. The first-order chi connectivity index (χ1) is 17.6. The number of amides is 1. The Kier molecular flexibility index (Phi) is 9.32. The largest absolute Gasteiger partial charge is 0.433 e. The molecule has 14 heteroatoms. The number of nitrogens with zero attached hydrogens (tertiary/aromatic N) is 4. The van der Waals surface area contributed by atoms with Crippen LogP contribution >= 0.6 is 0 Å². The van der Waals surface area contributed by atoms with Crippen molar-refractivity contribution in [3.05, 3.63) is 72.2 Å². The predicted molar refractivity (Wildman–Crippen MR) is 122 cm³/mol. The molecule has 198 valence electrons. The average molecular weight is 546 g/mol. The van der Waals surface area contributed by atoms with E-state index in [1.165, 1.54) is 34.9 Å². The summed E-state index contributed by atoms with van der Waals surface area (Å²) in [4.78, 5) is 24.5. The molecule has 3 aromatic rings. The lowest BCUT2D eigenvalue weighted by Gasteiger charge is -2.22. The van der Waals surface area contributed by atoms with Gasteiger partial charge in [-0.3, -0.25) is 14.2 Å². The highest BCUT2D eigenvalue weighted by atomic mass is 32.2. The molecule has 0 radical (unpaired) electrons. The minimum absolute atomic E-state index is 0.0765. The van der Waals surface area contributed by atoms with Crippen LogP contribution < -0.4 is 5.32 Å². The number of pyridine rings is 1. The predicted octanol–water partition coefficient (Wildman–Crippen LogP) is 4.03. The zero-order valence-electron chi connectivity index (χ0n) is 19.3. The molecule has 1 N–H and O–H groups in total. The minimum atomic E-state index is -4.56. The first kappa shape index (κ1) is 28.2. The molecule has 1 aliphatic heterocycles. The van der Waals surface area contributed by atoms with Gasteiger partial charge in [-0.1, -0.05) is 0 Å². The summed E-state index contributed by atoms with van der Waals surface area (Å²) in [6, 6.07) is 7.40. The second-order valence-electron chi connectivity index (χ2n) is 7.69. The number of halogens is 6. The molecule has 3 unspecified atom stereocenters. The van der Waals surface area contributed by atoms with Crippen LogP contribution in [0.15, 0.2) is 59.9 Å². The Morgan fingerprint density at radius 3 is 2.43 bits per heavy atom. The van der Waals surface area contributed by atoms with Crippen molar-refractivity contribution in [2.24, 2.45) is 0 Å². The molecule has 4 rings (SSSR count). The molecule has 2 aromatic heterocycles. The van der Waals surface area contributed by atoms with Gasteiger partial charge in [0.2, 0.25) is 5.91 Å². The van der Waals surface area contributed by atoms with Crippen molar-refractivity contribution in [2.45, 2.75) is 36.3 Å². The number of nitrogens with one attached hydrogen (secondary N) is 1. The molecule has 1 aromatic carbocycles. The van der Waals surface area contributed by atoms with Crippen molar-refractivity contribution >= 4 is 16.9 Å². The second kappa shape index (κ2) is 12.2. The monoisotopic (exact) mass is 545 g/mol. The summed E-state index contributed by atoms with van der Waals surface area (Å²) in [7, 11) is -1.37. The topological polar surface area (TPSA) is 88.1 Å². The number of alkyl halides is 5. The SMILES string of the molecule is CF.O=C(NCc1cc(-c2ccc(C(F)(F)F)nc2)ncn1)C1CC(F)CN1S(=O)c1ccc(F)cc1. The van der Waals surface area contributed by atoms with Gasteiger partial charge in [-0.05, 0) is 42.5 Å². The summed E-state index contributed by atoms with van der Waals surface area (Å²) < 4.78 is 89.0. The van der Waals surface area contributed by atoms with E-state index >= 15 is 0 Å². The molecule has 0 aliphatic carbocycles. The molecular weight excluding hydrogens is 524 g/mol. The Bertz CT molecular complexity index is 1230. The van der Waals surface area contributed by atoms with E-state index in [-0.39, 0.29) is 24.4 Å². The summed E-state index contributed by atoms with van der Waals surface area (Å²) in [6.07, 6.45) is -3.86. The van der Waals surface area contributed by atoms with Crippen molar-refractivity contribution < 1.29 is 35.3 Å². The van der Waals surface area contributed by atoms with Crippen LogP contribution in [0.4, 0.5) is 26.3 Å². The van der Waals surface area contributed by atoms with E-state index in [4.69, 9.17) is 0 Å². The Labute approximate surface area is 210 Å². The van der Waals surface area contributed by atoms with Gasteiger partial charge in [0, 0.05) is 24.7 Å². The zero-order valence-corrected chi connectivity index (χ0v) is 20.1. The molecule has 1 fully saturated rings. The third-order valence-electron chi connectivity index (χ3n) is 5.25. The van der Waals surface area contributed by atoms with Gasteiger partial charge in [0.25, 0.3) is 0 Å². The van der Waals surface area contributed by atoms with Crippen LogP contribution in [0, 0.1) is 5.82 Å². The van der Waals surface area contributed by atoms with Crippen LogP contribution in [0.3, 0.4) is 0 Å². The quantitative estimate of drug-likeness (QED) is 0.473. The van der Waals surface area contributed by atoms with Crippen LogP contribution in [0.5, 0.6) is 0 Å². The smallest absolute Gasteiger partial charge is 0.349 e. The van der Waals surface area contributed by atoms with E-state index < -0.39 is 46.8 Å². The van der Waals surface area contributed by atoms with Gasteiger partial charge in [-0.2, -0.15) is 13.2 Å². The molecule has 3 atom stereocenters. The van der Waals surface area contributed by atoms with Crippen LogP contribution in [0.2, 0.25) is 0 Å². The standard InChI is InChI=1S/C22H18F5N5O2S.CH3F/c23-14-2-4-17(5-3-14)35(34)32-11-15(24)7-19(32)21(33)29-10-16-8-18(31-12-30-16)13-1-6-20(28-9-13)22(25,26)27;1-2/h1-6,8-9,12,15,19H,7,10-11H2,(H,29,33);1H3.